The van der Waals surface area contributed by atoms with Crippen LogP contribution < -0.4 is 11.2 Å². The van der Waals surface area contributed by atoms with Gasteiger partial charge in [0.25, 0.3) is 5.56 Å². The highest BCUT2D eigenvalue weighted by Crippen LogP contribution is 2.67. The highest BCUT2D eigenvalue weighted by Gasteiger charge is 2.45. The van der Waals surface area contributed by atoms with Gasteiger partial charge in [-0.2, -0.15) is 8.62 Å². The molecule has 46 heavy (non-hydrogen) atoms. The van der Waals surface area contributed by atoms with Gasteiger partial charge in [0, 0.05) is 43.2 Å². The molecule has 6 atom stereocenters. The summed E-state index contributed by atoms with van der Waals surface area (Å²) in [6, 6.07) is -1.07. The maximum Gasteiger partial charge on any atom is 0.538 e. The molecule has 3 unspecified atom stereocenters. The SMILES string of the molecule is COCCCCCCCCCCCC(=O)OP(=O)(O)OP(=O)(O)OP(=O)(O)OC[C@H]1O[C@@H](n2cc(C)c(=O)[nH]c2=O)C[C@@H]1N=[N+]=[N-]. The fraction of sp³-hybridized carbons (Fsp3) is 0.783. The van der Waals surface area contributed by atoms with Gasteiger partial charge in [0.05, 0.1) is 18.8 Å². The third kappa shape index (κ3) is 14.7. The van der Waals surface area contributed by atoms with E-state index in [-0.39, 0.29) is 18.4 Å². The Bertz CT molecular complexity index is 1460. The van der Waals surface area contributed by atoms with Crippen molar-refractivity contribution in [3.8, 4) is 0 Å². The number of ether oxygens (including phenoxy) is 2. The van der Waals surface area contributed by atoms with Crippen LogP contribution in [-0.2, 0) is 45.6 Å². The first kappa shape index (κ1) is 40.0. The molecule has 262 valence electrons. The summed E-state index contributed by atoms with van der Waals surface area (Å²) in [5.74, 6) is -1.21. The highest BCUT2D eigenvalue weighted by atomic mass is 31.3. The minimum absolute atomic E-state index is 0.129. The minimum Gasteiger partial charge on any atom is -0.385 e. The lowest BCUT2D eigenvalue weighted by molar-refractivity contribution is -0.135. The van der Waals surface area contributed by atoms with Crippen LogP contribution in [0.5, 0.6) is 0 Å². The molecule has 0 aromatic carbocycles. The first-order valence-electron chi connectivity index (χ1n) is 14.4. The maximum absolute atomic E-state index is 12.3. The number of methoxy groups -OCH3 is 1. The number of hydrogen-bond acceptors (Lipinski definition) is 13. The summed E-state index contributed by atoms with van der Waals surface area (Å²) < 4.78 is 65.0. The Morgan fingerprint density at radius 1 is 1.02 bits per heavy atom. The topological polar surface area (TPSA) is 288 Å². The van der Waals surface area contributed by atoms with Crippen LogP contribution in [0.25, 0.3) is 10.4 Å². The zero-order valence-electron chi connectivity index (χ0n) is 25.4. The Morgan fingerprint density at radius 3 is 2.22 bits per heavy atom. The molecule has 23 heteroatoms. The van der Waals surface area contributed by atoms with Gasteiger partial charge >= 0.3 is 35.1 Å². The number of nitrogens with zero attached hydrogens (tertiary/aromatic N) is 4. The van der Waals surface area contributed by atoms with E-state index in [1.54, 1.807) is 7.11 Å². The van der Waals surface area contributed by atoms with Crippen LogP contribution in [-0.4, -0.2) is 62.7 Å². The number of aryl methyl sites for hydroxylation is 1. The van der Waals surface area contributed by atoms with Gasteiger partial charge in [-0.05, 0) is 25.3 Å². The Hall–Kier alpha value is -2.17. The molecule has 1 saturated heterocycles. The number of carbonyl (C=O) groups is 1. The third-order valence-corrected chi connectivity index (χ3v) is 10.8. The van der Waals surface area contributed by atoms with Crippen LogP contribution in [0.15, 0.2) is 20.9 Å². The molecular weight excluding hydrogens is 679 g/mol. The Labute approximate surface area is 263 Å². The maximum atomic E-state index is 12.3. The van der Waals surface area contributed by atoms with Crippen molar-refractivity contribution in [3.63, 3.8) is 0 Å². The Kier molecular flexibility index (Phi) is 16.5. The molecule has 0 spiro atoms. The molecule has 0 aliphatic carbocycles. The van der Waals surface area contributed by atoms with E-state index in [0.717, 1.165) is 56.1 Å². The number of azide groups is 1. The second-order valence-electron chi connectivity index (χ2n) is 10.4. The fourth-order valence-corrected chi connectivity index (χ4v) is 7.91. The number of nitrogens with one attached hydrogen (secondary N) is 1. The predicted octanol–water partition coefficient (Wildman–Crippen LogP) is 4.25. The molecule has 1 fully saturated rings. The summed E-state index contributed by atoms with van der Waals surface area (Å²) in [7, 11) is -15.3. The van der Waals surface area contributed by atoms with Crippen LogP contribution >= 0.6 is 23.5 Å². The predicted molar refractivity (Wildman–Crippen MR) is 159 cm³/mol. The normalized spacial score (nSPS) is 21.9. The van der Waals surface area contributed by atoms with E-state index in [1.807, 2.05) is 0 Å². The smallest absolute Gasteiger partial charge is 0.385 e. The van der Waals surface area contributed by atoms with Gasteiger partial charge in [0.1, 0.15) is 6.23 Å². The van der Waals surface area contributed by atoms with Crippen LogP contribution in [0.3, 0.4) is 0 Å². The first-order chi connectivity index (χ1) is 21.6. The van der Waals surface area contributed by atoms with E-state index in [1.165, 1.54) is 13.1 Å². The number of phosphoric acid groups is 3. The molecule has 20 nitrogen and oxygen atoms in total. The summed E-state index contributed by atoms with van der Waals surface area (Å²) in [6.07, 6.45) is 6.43. The van der Waals surface area contributed by atoms with E-state index in [4.69, 9.17) is 15.0 Å². The van der Waals surface area contributed by atoms with Crippen LogP contribution in [0.4, 0.5) is 0 Å². The van der Waals surface area contributed by atoms with E-state index < -0.39 is 65.7 Å². The van der Waals surface area contributed by atoms with Crippen LogP contribution in [0.2, 0.25) is 0 Å². The average molecular weight is 720 g/mol. The van der Waals surface area contributed by atoms with Gasteiger partial charge in [-0.25, -0.2) is 18.5 Å². The second-order valence-corrected chi connectivity index (χ2v) is 14.9. The summed E-state index contributed by atoms with van der Waals surface area (Å²) in [5.41, 5.74) is 7.54. The van der Waals surface area contributed by atoms with E-state index in [9.17, 15) is 42.8 Å². The molecule has 2 rings (SSSR count). The monoisotopic (exact) mass is 719 g/mol. The zero-order chi connectivity index (χ0) is 34.4. The summed E-state index contributed by atoms with van der Waals surface area (Å²) in [6.45, 7) is 1.27. The van der Waals surface area contributed by atoms with Crippen LogP contribution in [0.1, 0.15) is 82.4 Å². The van der Waals surface area contributed by atoms with Gasteiger partial charge in [-0.1, -0.05) is 50.1 Å². The van der Waals surface area contributed by atoms with Crippen molar-refractivity contribution in [1.82, 2.24) is 9.55 Å². The van der Waals surface area contributed by atoms with Gasteiger partial charge in [-0.3, -0.25) is 28.6 Å². The van der Waals surface area contributed by atoms with Gasteiger partial charge < -0.3 is 23.8 Å². The molecule has 0 saturated carbocycles. The number of unbranched alkanes of at least 4 members (excludes halogenated alkanes) is 8. The molecule has 1 aromatic rings. The van der Waals surface area contributed by atoms with Crippen molar-refractivity contribution >= 4 is 29.4 Å². The highest BCUT2D eigenvalue weighted by molar-refractivity contribution is 7.67. The lowest BCUT2D eigenvalue weighted by Gasteiger charge is -2.20. The van der Waals surface area contributed by atoms with E-state index in [0.29, 0.717) is 12.8 Å². The van der Waals surface area contributed by atoms with Gasteiger partial charge in [0.15, 0.2) is 0 Å². The number of hydrogen-bond donors (Lipinski definition) is 4. The summed E-state index contributed by atoms with van der Waals surface area (Å²) in [5, 5.41) is 3.48. The van der Waals surface area contributed by atoms with Crippen molar-refractivity contribution in [3.05, 3.63) is 43.0 Å². The molecular formula is C23H40N5O15P3. The van der Waals surface area contributed by atoms with Gasteiger partial charge in [-0.15, -0.1) is 0 Å². The molecule has 0 bridgehead atoms. The quantitative estimate of drug-likeness (QED) is 0.0428. The summed E-state index contributed by atoms with van der Waals surface area (Å²) in [4.78, 5) is 69.9. The lowest BCUT2D eigenvalue weighted by Crippen LogP contribution is -2.33. The molecule has 0 radical (unpaired) electrons. The second kappa shape index (κ2) is 19.0. The number of aromatic amines is 1. The van der Waals surface area contributed by atoms with Crippen molar-refractivity contribution in [2.45, 2.75) is 95.9 Å². The minimum atomic E-state index is -5.85. The number of phosphoric ester groups is 2. The third-order valence-electron chi connectivity index (χ3n) is 6.62. The molecule has 1 aliphatic rings. The fourth-order valence-electron chi connectivity index (χ4n) is 4.43. The van der Waals surface area contributed by atoms with E-state index >= 15 is 0 Å². The standard InChI is InChI=1S/C23H40N5O15P3/c1-17-15-28(23(31)25-22(17)30)20-14-18(26-27-24)19(40-20)16-39-44(32,33)42-46(36,37)43-45(34,35)41-21(29)12-10-8-6-4-3-5-7-9-11-13-38-2/h15,18-20H,3-14,16H2,1-2H3,(H,32,33)(H,34,35)(H,36,37)(H,25,30,31)/t18-,19+,20+/m0/s1. The van der Waals surface area contributed by atoms with Crippen molar-refractivity contribution in [1.29, 1.82) is 0 Å². The number of aromatic nitrogens is 2. The lowest BCUT2D eigenvalue weighted by atomic mass is 10.1. The first-order valence-corrected chi connectivity index (χ1v) is 18.9. The molecule has 2 heterocycles. The Balaban J connectivity index is 1.80. The van der Waals surface area contributed by atoms with Crippen molar-refractivity contribution in [2.24, 2.45) is 5.11 Å². The number of carbonyl (C=O) groups excluding carboxylic acids is 1. The van der Waals surface area contributed by atoms with Crippen molar-refractivity contribution < 1.29 is 60.3 Å². The van der Waals surface area contributed by atoms with Crippen molar-refractivity contribution in [2.75, 3.05) is 20.3 Å². The van der Waals surface area contributed by atoms with E-state index in [2.05, 4.69) is 32.7 Å². The average Bonchev–Trinajstić information content (AvgIpc) is 3.33. The molecule has 1 aromatic heterocycles. The largest absolute Gasteiger partial charge is 0.538 e. The number of H-pyrrole nitrogens is 1. The van der Waals surface area contributed by atoms with Gasteiger partial charge in [0.2, 0.25) is 0 Å². The number of rotatable bonds is 22. The summed E-state index contributed by atoms with van der Waals surface area (Å²) >= 11 is 0. The molecule has 4 N–H and O–H groups in total. The molecule has 1 aliphatic heterocycles. The Morgan fingerprint density at radius 2 is 1.61 bits per heavy atom. The zero-order valence-corrected chi connectivity index (χ0v) is 28.1. The van der Waals surface area contributed by atoms with Crippen LogP contribution in [0, 0.1) is 6.92 Å². The molecule has 0 amide bonds.